The summed E-state index contributed by atoms with van der Waals surface area (Å²) in [5.41, 5.74) is 5.86. The summed E-state index contributed by atoms with van der Waals surface area (Å²) in [5, 5.41) is 3.17. The second-order valence-corrected chi connectivity index (χ2v) is 6.29. The molecule has 3 heteroatoms. The predicted molar refractivity (Wildman–Crippen MR) is 62.6 cm³/mol. The summed E-state index contributed by atoms with van der Waals surface area (Å²) >= 11 is 0. The second kappa shape index (κ2) is 3.46. The van der Waals surface area contributed by atoms with Crippen LogP contribution in [0.1, 0.15) is 33.1 Å². The van der Waals surface area contributed by atoms with Crippen molar-refractivity contribution in [1.82, 2.24) is 5.32 Å². The lowest BCUT2D eigenvalue weighted by atomic mass is 10.0. The number of carbonyl (C=O) groups is 1. The zero-order valence-electron chi connectivity index (χ0n) is 10.1. The molecular weight excluding hydrogens is 200 g/mol. The first kappa shape index (κ1) is 10.6. The van der Waals surface area contributed by atoms with Crippen LogP contribution in [0.3, 0.4) is 0 Å². The highest BCUT2D eigenvalue weighted by atomic mass is 16.2. The molecule has 3 nitrogen and oxygen atoms in total. The van der Waals surface area contributed by atoms with Crippen LogP contribution in [0.4, 0.5) is 0 Å². The fourth-order valence-corrected chi connectivity index (χ4v) is 4.08. The van der Waals surface area contributed by atoms with Crippen molar-refractivity contribution < 1.29 is 4.79 Å². The molecule has 0 aromatic carbocycles. The number of nitrogens with one attached hydrogen (secondary N) is 1. The minimum atomic E-state index is -0.334. The van der Waals surface area contributed by atoms with Gasteiger partial charge in [-0.25, -0.2) is 0 Å². The Hall–Kier alpha value is -0.570. The van der Waals surface area contributed by atoms with E-state index in [1.54, 1.807) is 0 Å². The third-order valence-electron chi connectivity index (χ3n) is 5.07. The van der Waals surface area contributed by atoms with E-state index in [-0.39, 0.29) is 17.9 Å². The quantitative estimate of drug-likeness (QED) is 0.752. The summed E-state index contributed by atoms with van der Waals surface area (Å²) in [6, 6.07) is 0.141. The summed E-state index contributed by atoms with van der Waals surface area (Å²) in [6.45, 7) is 4.00. The van der Waals surface area contributed by atoms with Crippen LogP contribution in [0.2, 0.25) is 0 Å². The average molecular weight is 222 g/mol. The highest BCUT2D eigenvalue weighted by Gasteiger charge is 2.65. The first-order valence-corrected chi connectivity index (χ1v) is 6.65. The Bertz CT molecular complexity index is 299. The van der Waals surface area contributed by atoms with Crippen molar-refractivity contribution in [2.24, 2.45) is 35.3 Å². The van der Waals surface area contributed by atoms with E-state index in [1.807, 2.05) is 13.8 Å². The van der Waals surface area contributed by atoms with Crippen LogP contribution < -0.4 is 11.1 Å². The number of hydrogen-bond donors (Lipinski definition) is 2. The first-order valence-electron chi connectivity index (χ1n) is 6.65. The van der Waals surface area contributed by atoms with Crippen LogP contribution in [0.5, 0.6) is 0 Å². The first-order chi connectivity index (χ1) is 7.59. The van der Waals surface area contributed by atoms with Crippen molar-refractivity contribution in [3.05, 3.63) is 0 Å². The molecule has 0 aliphatic heterocycles. The van der Waals surface area contributed by atoms with Gasteiger partial charge in [-0.1, -0.05) is 13.8 Å². The number of amides is 1. The summed E-state index contributed by atoms with van der Waals surface area (Å²) < 4.78 is 0. The maximum absolute atomic E-state index is 11.9. The molecule has 0 spiro atoms. The van der Waals surface area contributed by atoms with Gasteiger partial charge in [0.25, 0.3) is 0 Å². The van der Waals surface area contributed by atoms with Gasteiger partial charge in [-0.05, 0) is 48.9 Å². The molecule has 1 amide bonds. The highest BCUT2D eigenvalue weighted by Crippen LogP contribution is 2.65. The van der Waals surface area contributed by atoms with Gasteiger partial charge < -0.3 is 11.1 Å². The van der Waals surface area contributed by atoms with Crippen LogP contribution in [0, 0.1) is 29.6 Å². The van der Waals surface area contributed by atoms with Crippen molar-refractivity contribution in [2.45, 2.75) is 45.2 Å². The van der Waals surface area contributed by atoms with Crippen LogP contribution in [-0.4, -0.2) is 18.0 Å². The molecule has 0 aromatic rings. The van der Waals surface area contributed by atoms with Crippen molar-refractivity contribution in [3.8, 4) is 0 Å². The fourth-order valence-electron chi connectivity index (χ4n) is 4.08. The smallest absolute Gasteiger partial charge is 0.237 e. The van der Waals surface area contributed by atoms with Gasteiger partial charge in [0.15, 0.2) is 0 Å². The largest absolute Gasteiger partial charge is 0.351 e. The van der Waals surface area contributed by atoms with E-state index >= 15 is 0 Å². The van der Waals surface area contributed by atoms with Gasteiger partial charge in [0, 0.05) is 6.04 Å². The molecule has 0 aromatic heterocycles. The molecule has 3 aliphatic rings. The molecule has 5 unspecified atom stereocenters. The molecule has 3 saturated carbocycles. The van der Waals surface area contributed by atoms with E-state index in [1.165, 1.54) is 19.3 Å². The molecule has 0 saturated heterocycles. The topological polar surface area (TPSA) is 55.1 Å². The fraction of sp³-hybridized carbons (Fsp3) is 0.923. The van der Waals surface area contributed by atoms with E-state index in [9.17, 15) is 4.79 Å². The summed E-state index contributed by atoms with van der Waals surface area (Å²) in [7, 11) is 0. The van der Waals surface area contributed by atoms with E-state index < -0.39 is 0 Å². The van der Waals surface area contributed by atoms with Crippen molar-refractivity contribution in [2.75, 3.05) is 0 Å². The molecule has 5 atom stereocenters. The van der Waals surface area contributed by atoms with E-state index in [0.717, 1.165) is 23.7 Å². The number of rotatable bonds is 3. The van der Waals surface area contributed by atoms with Crippen LogP contribution in [-0.2, 0) is 4.79 Å². The van der Waals surface area contributed by atoms with Crippen molar-refractivity contribution in [1.29, 1.82) is 0 Å². The lowest BCUT2D eigenvalue weighted by molar-refractivity contribution is -0.123. The molecule has 0 heterocycles. The molecule has 3 N–H and O–H groups in total. The lowest BCUT2D eigenvalue weighted by Gasteiger charge is -2.17. The minimum Gasteiger partial charge on any atom is -0.351 e. The van der Waals surface area contributed by atoms with Gasteiger partial charge in [-0.2, -0.15) is 0 Å². The Balaban J connectivity index is 1.57. The molecule has 3 rings (SSSR count). The third-order valence-corrected chi connectivity index (χ3v) is 5.07. The van der Waals surface area contributed by atoms with Gasteiger partial charge in [0.2, 0.25) is 5.91 Å². The molecule has 90 valence electrons. The Morgan fingerprint density at radius 3 is 2.31 bits per heavy atom. The summed E-state index contributed by atoms with van der Waals surface area (Å²) in [4.78, 5) is 11.9. The average Bonchev–Trinajstić information content (AvgIpc) is 2.67. The standard InChI is InChI=1S/C13H22N2O/c1-6(2)11(14)13(16)15-12-9-7-3-4-8(5-7)10(9)12/h6-12H,3-5,14H2,1-2H3,(H,15,16). The lowest BCUT2D eigenvalue weighted by Crippen LogP contribution is -2.45. The molecule has 16 heavy (non-hydrogen) atoms. The van der Waals surface area contributed by atoms with Crippen molar-refractivity contribution >= 4 is 5.91 Å². The summed E-state index contributed by atoms with van der Waals surface area (Å²) in [6.07, 6.45) is 4.22. The van der Waals surface area contributed by atoms with Gasteiger partial charge in [0.1, 0.15) is 0 Å². The Morgan fingerprint density at radius 2 is 1.81 bits per heavy atom. The zero-order chi connectivity index (χ0) is 11.4. The second-order valence-electron chi connectivity index (χ2n) is 6.29. The van der Waals surface area contributed by atoms with Gasteiger partial charge in [0.05, 0.1) is 6.04 Å². The minimum absolute atomic E-state index is 0.0637. The molecular formula is C13H22N2O. The van der Waals surface area contributed by atoms with Crippen molar-refractivity contribution in [3.63, 3.8) is 0 Å². The molecule has 3 aliphatic carbocycles. The number of nitrogens with two attached hydrogens (primary N) is 1. The van der Waals surface area contributed by atoms with Crippen LogP contribution in [0.15, 0.2) is 0 Å². The predicted octanol–water partition coefficient (Wildman–Crippen LogP) is 1.13. The monoisotopic (exact) mass is 222 g/mol. The Labute approximate surface area is 97.2 Å². The van der Waals surface area contributed by atoms with E-state index in [2.05, 4.69) is 5.32 Å². The maximum atomic E-state index is 11.9. The third kappa shape index (κ3) is 1.41. The van der Waals surface area contributed by atoms with Gasteiger partial charge >= 0.3 is 0 Å². The highest BCUT2D eigenvalue weighted by molar-refractivity contribution is 5.82. The Kier molecular flexibility index (Phi) is 2.29. The number of hydrogen-bond acceptors (Lipinski definition) is 2. The molecule has 2 bridgehead atoms. The van der Waals surface area contributed by atoms with Crippen LogP contribution >= 0.6 is 0 Å². The molecule has 0 radical (unpaired) electrons. The Morgan fingerprint density at radius 1 is 1.25 bits per heavy atom. The number of fused-ring (bicyclic) bond motifs is 5. The molecule has 3 fully saturated rings. The van der Waals surface area contributed by atoms with Crippen LogP contribution in [0.25, 0.3) is 0 Å². The van der Waals surface area contributed by atoms with Gasteiger partial charge in [-0.3, -0.25) is 4.79 Å². The SMILES string of the molecule is CC(C)C(N)C(=O)NC1C2C3CCC(C3)C12. The van der Waals surface area contributed by atoms with E-state index in [0.29, 0.717) is 6.04 Å². The van der Waals surface area contributed by atoms with E-state index in [4.69, 9.17) is 5.73 Å². The summed E-state index contributed by atoms with van der Waals surface area (Å²) in [5.74, 6) is 3.74. The van der Waals surface area contributed by atoms with Gasteiger partial charge in [-0.15, -0.1) is 0 Å². The zero-order valence-corrected chi connectivity index (χ0v) is 10.1. The number of carbonyl (C=O) groups excluding carboxylic acids is 1. The normalized spacial score (nSPS) is 45.6. The maximum Gasteiger partial charge on any atom is 0.237 e.